The molecule has 1 N–H and O–H groups in total. The number of aliphatic hydroxyl groups excluding tert-OH is 1. The molecule has 2 aromatic rings. The number of oxazole rings is 1. The van der Waals surface area contributed by atoms with Gasteiger partial charge in [-0.25, -0.2) is 4.98 Å². The maximum atomic E-state index is 8.87. The molecule has 2 rings (SSSR count). The number of hydrogen-bond donors (Lipinski definition) is 1. The molecule has 0 saturated carbocycles. The Hall–Kier alpha value is -1.68. The van der Waals surface area contributed by atoms with Crippen molar-refractivity contribution in [1.82, 2.24) is 9.97 Å². The van der Waals surface area contributed by atoms with Gasteiger partial charge in [-0.1, -0.05) is 0 Å². The van der Waals surface area contributed by atoms with E-state index in [1.807, 2.05) is 6.07 Å². The van der Waals surface area contributed by atoms with E-state index in [9.17, 15) is 0 Å². The van der Waals surface area contributed by atoms with Gasteiger partial charge in [0.1, 0.15) is 0 Å². The quantitative estimate of drug-likeness (QED) is 0.747. The van der Waals surface area contributed by atoms with E-state index < -0.39 is 0 Å². The van der Waals surface area contributed by atoms with Crippen LogP contribution in [0.25, 0.3) is 11.3 Å². The van der Waals surface area contributed by atoms with Crippen LogP contribution in [0, 0.1) is 0 Å². The average molecular weight is 176 g/mol. The van der Waals surface area contributed by atoms with E-state index in [1.165, 1.54) is 6.39 Å². The molecule has 2 aromatic heterocycles. The van der Waals surface area contributed by atoms with Crippen LogP contribution in [0.4, 0.5) is 0 Å². The van der Waals surface area contributed by atoms with Gasteiger partial charge < -0.3 is 9.52 Å². The highest BCUT2D eigenvalue weighted by Crippen LogP contribution is 2.17. The lowest BCUT2D eigenvalue weighted by Gasteiger charge is -1.97. The molecule has 0 aliphatic rings. The fraction of sp³-hybridized carbons (Fsp3) is 0.111. The Morgan fingerprint density at radius 1 is 1.23 bits per heavy atom. The minimum absolute atomic E-state index is 0.0189. The molecule has 0 amide bonds. The third-order valence-electron chi connectivity index (χ3n) is 1.69. The van der Waals surface area contributed by atoms with Crippen LogP contribution in [0.5, 0.6) is 0 Å². The largest absolute Gasteiger partial charge is 0.443 e. The Labute approximate surface area is 74.9 Å². The molecule has 0 aliphatic heterocycles. The molecule has 0 aromatic carbocycles. The molecule has 0 bridgehead atoms. The van der Waals surface area contributed by atoms with E-state index in [0.29, 0.717) is 5.76 Å². The van der Waals surface area contributed by atoms with Gasteiger partial charge in [-0.05, 0) is 11.6 Å². The molecule has 0 atom stereocenters. The zero-order valence-electron chi connectivity index (χ0n) is 6.84. The zero-order chi connectivity index (χ0) is 9.10. The zero-order valence-corrected chi connectivity index (χ0v) is 6.84. The summed E-state index contributed by atoms with van der Waals surface area (Å²) < 4.78 is 5.09. The van der Waals surface area contributed by atoms with Crippen molar-refractivity contribution in [2.24, 2.45) is 0 Å². The molecule has 0 saturated heterocycles. The number of rotatable bonds is 2. The van der Waals surface area contributed by atoms with Gasteiger partial charge in [0.2, 0.25) is 0 Å². The molecule has 0 aliphatic carbocycles. The molecule has 0 radical (unpaired) electrons. The fourth-order valence-corrected chi connectivity index (χ4v) is 1.07. The minimum Gasteiger partial charge on any atom is -0.443 e. The number of hydrogen-bond acceptors (Lipinski definition) is 4. The molecular weight excluding hydrogens is 168 g/mol. The van der Waals surface area contributed by atoms with Crippen molar-refractivity contribution >= 4 is 0 Å². The van der Waals surface area contributed by atoms with Gasteiger partial charge in [0.25, 0.3) is 0 Å². The molecule has 0 unspecified atom stereocenters. The van der Waals surface area contributed by atoms with Gasteiger partial charge in [-0.3, -0.25) is 4.98 Å². The summed E-state index contributed by atoms with van der Waals surface area (Å²) in [4.78, 5) is 7.76. The first-order valence-corrected chi connectivity index (χ1v) is 3.84. The average Bonchev–Trinajstić information content (AvgIpc) is 2.71. The Morgan fingerprint density at radius 2 is 2.15 bits per heavy atom. The molecule has 2 heterocycles. The van der Waals surface area contributed by atoms with E-state index >= 15 is 0 Å². The first-order valence-electron chi connectivity index (χ1n) is 3.84. The van der Waals surface area contributed by atoms with Gasteiger partial charge in [0, 0.05) is 18.0 Å². The summed E-state index contributed by atoms with van der Waals surface area (Å²) in [5.74, 6) is 0.655. The lowest BCUT2D eigenvalue weighted by molar-refractivity contribution is 0.281. The van der Waals surface area contributed by atoms with Crippen LogP contribution in [0.2, 0.25) is 0 Å². The van der Waals surface area contributed by atoms with Crippen LogP contribution in [-0.4, -0.2) is 15.1 Å². The maximum Gasteiger partial charge on any atom is 0.181 e. The number of pyridine rings is 1. The monoisotopic (exact) mass is 176 g/mol. The Balaban J connectivity index is 2.41. The van der Waals surface area contributed by atoms with E-state index in [2.05, 4.69) is 9.97 Å². The third kappa shape index (κ3) is 1.57. The third-order valence-corrected chi connectivity index (χ3v) is 1.69. The Bertz CT molecular complexity index is 384. The number of aromatic nitrogens is 2. The molecule has 0 spiro atoms. The normalized spacial score (nSPS) is 10.2. The van der Waals surface area contributed by atoms with E-state index in [4.69, 9.17) is 9.52 Å². The van der Waals surface area contributed by atoms with Crippen LogP contribution >= 0.6 is 0 Å². The van der Waals surface area contributed by atoms with Crippen molar-refractivity contribution in [3.63, 3.8) is 0 Å². The van der Waals surface area contributed by atoms with Crippen LogP contribution in [0.1, 0.15) is 5.56 Å². The van der Waals surface area contributed by atoms with Crippen molar-refractivity contribution in [2.45, 2.75) is 6.61 Å². The molecular formula is C9H8N2O2. The van der Waals surface area contributed by atoms with E-state index in [0.717, 1.165) is 11.1 Å². The van der Waals surface area contributed by atoms with Crippen molar-refractivity contribution in [3.05, 3.63) is 36.6 Å². The van der Waals surface area contributed by atoms with Crippen molar-refractivity contribution in [1.29, 1.82) is 0 Å². The predicted molar refractivity (Wildman–Crippen MR) is 45.7 cm³/mol. The van der Waals surface area contributed by atoms with Crippen molar-refractivity contribution in [3.8, 4) is 11.3 Å². The summed E-state index contributed by atoms with van der Waals surface area (Å²) in [7, 11) is 0. The lowest BCUT2D eigenvalue weighted by atomic mass is 10.2. The molecule has 13 heavy (non-hydrogen) atoms. The van der Waals surface area contributed by atoms with Gasteiger partial charge in [0.05, 0.1) is 12.8 Å². The van der Waals surface area contributed by atoms with Crippen molar-refractivity contribution in [2.75, 3.05) is 0 Å². The highest BCUT2D eigenvalue weighted by molar-refractivity contribution is 5.55. The number of aliphatic hydroxyl groups is 1. The van der Waals surface area contributed by atoms with E-state index in [-0.39, 0.29) is 6.61 Å². The summed E-state index contributed by atoms with van der Waals surface area (Å²) in [6.45, 7) is -0.0189. The topological polar surface area (TPSA) is 59.2 Å². The standard InChI is InChI=1S/C9H8N2O2/c12-5-7-1-8(3-10-2-7)9-4-11-6-13-9/h1-4,6,12H,5H2. The Kier molecular flexibility index (Phi) is 2.06. The lowest BCUT2D eigenvalue weighted by Crippen LogP contribution is -1.85. The van der Waals surface area contributed by atoms with Gasteiger partial charge >= 0.3 is 0 Å². The molecule has 4 heteroatoms. The summed E-state index contributed by atoms with van der Waals surface area (Å²) >= 11 is 0. The van der Waals surface area contributed by atoms with Crippen LogP contribution in [0.15, 0.2) is 35.5 Å². The summed E-state index contributed by atoms with van der Waals surface area (Å²) in [6.07, 6.45) is 6.25. The second-order valence-electron chi connectivity index (χ2n) is 2.61. The first-order chi connectivity index (χ1) is 6.40. The molecule has 0 fully saturated rings. The highest BCUT2D eigenvalue weighted by atomic mass is 16.3. The second kappa shape index (κ2) is 3.37. The van der Waals surface area contributed by atoms with Gasteiger partial charge in [-0.15, -0.1) is 0 Å². The molecule has 4 nitrogen and oxygen atoms in total. The molecule has 66 valence electrons. The van der Waals surface area contributed by atoms with Gasteiger partial charge in [-0.2, -0.15) is 0 Å². The summed E-state index contributed by atoms with van der Waals surface area (Å²) in [6, 6.07) is 1.81. The van der Waals surface area contributed by atoms with E-state index in [1.54, 1.807) is 18.6 Å². The summed E-state index contributed by atoms with van der Waals surface area (Å²) in [5.41, 5.74) is 1.58. The van der Waals surface area contributed by atoms with Crippen LogP contribution < -0.4 is 0 Å². The van der Waals surface area contributed by atoms with Crippen LogP contribution in [-0.2, 0) is 6.61 Å². The highest BCUT2D eigenvalue weighted by Gasteiger charge is 2.01. The smallest absolute Gasteiger partial charge is 0.181 e. The maximum absolute atomic E-state index is 8.87. The Morgan fingerprint density at radius 3 is 2.85 bits per heavy atom. The van der Waals surface area contributed by atoms with Crippen molar-refractivity contribution < 1.29 is 9.52 Å². The van der Waals surface area contributed by atoms with Crippen LogP contribution in [0.3, 0.4) is 0 Å². The minimum atomic E-state index is -0.0189. The fourth-order valence-electron chi connectivity index (χ4n) is 1.07. The predicted octanol–water partition coefficient (Wildman–Crippen LogP) is 1.23. The van der Waals surface area contributed by atoms with Gasteiger partial charge in [0.15, 0.2) is 12.2 Å². The second-order valence-corrected chi connectivity index (χ2v) is 2.61. The first kappa shape index (κ1) is 7.94. The number of nitrogens with zero attached hydrogens (tertiary/aromatic N) is 2. The summed E-state index contributed by atoms with van der Waals surface area (Å²) in [5, 5.41) is 8.87. The SMILES string of the molecule is OCc1cncc(-c2cnco2)c1.